The summed E-state index contributed by atoms with van der Waals surface area (Å²) in [7, 11) is 0. The molecule has 1 aliphatic heterocycles. The first-order valence-electron chi connectivity index (χ1n) is 7.55. The molecule has 1 aromatic carbocycles. The monoisotopic (exact) mass is 337 g/mol. The Balaban J connectivity index is 2.12. The topological polar surface area (TPSA) is 132 Å². The largest absolute Gasteiger partial charge is 0.428 e. The van der Waals surface area contributed by atoms with Crippen LogP contribution in [0.5, 0.6) is 0 Å². The lowest BCUT2D eigenvalue weighted by Gasteiger charge is -2.40. The third kappa shape index (κ3) is 2.58. The molecule has 3 rings (SSSR count). The molecule has 5 atom stereocenters. The molecule has 24 heavy (non-hydrogen) atoms. The molecular weight excluding hydrogens is 318 g/mol. The standard InChI is InChI=1S/C16H19NO7/c18-5-4-8-6-17(23)10-3-1-2-9(12(8)10)16-15(22)14(21)13(20)11(7-19)24-16/h1-3,5-6,11,13-16,19-23H,4,7H2/t11-,13-,14+,15-,16?/m0/s1. The minimum absolute atomic E-state index is 0.0541. The van der Waals surface area contributed by atoms with Crippen LogP contribution in [0.15, 0.2) is 24.4 Å². The molecule has 0 saturated carbocycles. The van der Waals surface area contributed by atoms with Crippen LogP contribution in [0.4, 0.5) is 0 Å². The van der Waals surface area contributed by atoms with E-state index < -0.39 is 37.1 Å². The number of rotatable bonds is 4. The van der Waals surface area contributed by atoms with Gasteiger partial charge in [0.1, 0.15) is 36.8 Å². The van der Waals surface area contributed by atoms with E-state index in [1.165, 1.54) is 6.20 Å². The van der Waals surface area contributed by atoms with Crippen molar-refractivity contribution in [1.29, 1.82) is 0 Å². The van der Waals surface area contributed by atoms with Gasteiger partial charge in [0.15, 0.2) is 0 Å². The lowest BCUT2D eigenvalue weighted by atomic mass is 9.89. The first-order chi connectivity index (χ1) is 11.5. The second-order valence-electron chi connectivity index (χ2n) is 5.86. The van der Waals surface area contributed by atoms with Crippen molar-refractivity contribution in [2.75, 3.05) is 6.61 Å². The van der Waals surface area contributed by atoms with Crippen molar-refractivity contribution in [3.05, 3.63) is 35.5 Å². The molecule has 1 unspecified atom stereocenters. The number of carbonyl (C=O) groups excluding carboxylic acids is 1. The highest BCUT2D eigenvalue weighted by molar-refractivity contribution is 5.89. The molecule has 0 amide bonds. The summed E-state index contributed by atoms with van der Waals surface area (Å²) in [4.78, 5) is 10.9. The van der Waals surface area contributed by atoms with E-state index in [4.69, 9.17) is 4.74 Å². The molecule has 8 nitrogen and oxygen atoms in total. The number of aromatic nitrogens is 1. The Bertz CT molecular complexity index is 741. The Morgan fingerprint density at radius 3 is 2.58 bits per heavy atom. The summed E-state index contributed by atoms with van der Waals surface area (Å²) < 4.78 is 6.45. The first-order valence-corrected chi connectivity index (χ1v) is 7.55. The van der Waals surface area contributed by atoms with Gasteiger partial charge in [-0.2, -0.15) is 4.73 Å². The molecular formula is C16H19NO7. The van der Waals surface area contributed by atoms with Crippen LogP contribution in [0.3, 0.4) is 0 Å². The third-order valence-corrected chi connectivity index (χ3v) is 4.42. The van der Waals surface area contributed by atoms with Crippen molar-refractivity contribution in [3.8, 4) is 0 Å². The number of ether oxygens (including phenoxy) is 1. The fourth-order valence-corrected chi connectivity index (χ4v) is 3.22. The van der Waals surface area contributed by atoms with E-state index in [2.05, 4.69) is 0 Å². The average Bonchev–Trinajstić information content (AvgIpc) is 2.90. The number of carbonyl (C=O) groups is 1. The van der Waals surface area contributed by atoms with Gasteiger partial charge in [0.25, 0.3) is 0 Å². The van der Waals surface area contributed by atoms with Gasteiger partial charge >= 0.3 is 0 Å². The van der Waals surface area contributed by atoms with Crippen molar-refractivity contribution in [2.24, 2.45) is 0 Å². The predicted octanol–water partition coefficient (Wildman–Crippen LogP) is -0.865. The molecule has 1 saturated heterocycles. The van der Waals surface area contributed by atoms with Gasteiger partial charge in [-0.3, -0.25) is 0 Å². The molecule has 1 fully saturated rings. The van der Waals surface area contributed by atoms with Crippen molar-refractivity contribution in [1.82, 2.24) is 4.73 Å². The Morgan fingerprint density at radius 1 is 1.17 bits per heavy atom. The summed E-state index contributed by atoms with van der Waals surface area (Å²) in [5.74, 6) is 0. The fraction of sp³-hybridized carbons (Fsp3) is 0.438. The molecule has 2 heterocycles. The van der Waals surface area contributed by atoms with Gasteiger partial charge in [0.05, 0.1) is 12.1 Å². The summed E-state index contributed by atoms with van der Waals surface area (Å²) in [5, 5.41) is 50.0. The van der Waals surface area contributed by atoms with Crippen molar-refractivity contribution in [3.63, 3.8) is 0 Å². The van der Waals surface area contributed by atoms with Crippen LogP contribution in [0.25, 0.3) is 10.9 Å². The van der Waals surface area contributed by atoms with E-state index in [1.54, 1.807) is 18.2 Å². The van der Waals surface area contributed by atoms with E-state index in [0.29, 0.717) is 28.3 Å². The Morgan fingerprint density at radius 2 is 1.92 bits per heavy atom. The molecule has 130 valence electrons. The van der Waals surface area contributed by atoms with E-state index in [1.807, 2.05) is 0 Å². The highest BCUT2D eigenvalue weighted by atomic mass is 16.5. The maximum atomic E-state index is 10.9. The number of aldehydes is 1. The third-order valence-electron chi connectivity index (χ3n) is 4.42. The second kappa shape index (κ2) is 6.50. The van der Waals surface area contributed by atoms with Gasteiger partial charge in [-0.1, -0.05) is 12.1 Å². The number of fused-ring (bicyclic) bond motifs is 1. The molecule has 0 spiro atoms. The minimum atomic E-state index is -1.50. The quantitative estimate of drug-likeness (QED) is 0.362. The molecule has 8 heteroatoms. The molecule has 1 aromatic heterocycles. The molecule has 0 aliphatic carbocycles. The van der Waals surface area contributed by atoms with Crippen LogP contribution >= 0.6 is 0 Å². The smallest absolute Gasteiger partial charge is 0.124 e. The number of nitrogens with zero attached hydrogens (tertiary/aromatic N) is 1. The molecule has 5 N–H and O–H groups in total. The number of aliphatic hydroxyl groups is 4. The summed E-state index contributed by atoms with van der Waals surface area (Å²) in [6.45, 7) is -0.528. The number of hydrogen-bond acceptors (Lipinski definition) is 7. The second-order valence-corrected chi connectivity index (χ2v) is 5.86. The minimum Gasteiger partial charge on any atom is -0.428 e. The summed E-state index contributed by atoms with van der Waals surface area (Å²) in [6.07, 6.45) is -4.30. The van der Waals surface area contributed by atoms with Crippen LogP contribution in [0.1, 0.15) is 17.2 Å². The Kier molecular flexibility index (Phi) is 4.57. The number of benzene rings is 1. The van der Waals surface area contributed by atoms with Crippen molar-refractivity contribution < 1.29 is 35.2 Å². The first kappa shape index (κ1) is 16.9. The zero-order chi connectivity index (χ0) is 17.4. The number of hydrogen-bond donors (Lipinski definition) is 5. The van der Waals surface area contributed by atoms with E-state index in [9.17, 15) is 30.4 Å². The summed E-state index contributed by atoms with van der Waals surface area (Å²) in [5.41, 5.74) is 1.41. The molecule has 0 radical (unpaired) electrons. The van der Waals surface area contributed by atoms with E-state index >= 15 is 0 Å². The molecule has 2 aromatic rings. The van der Waals surface area contributed by atoms with Gasteiger partial charge in [-0.25, -0.2) is 0 Å². The highest BCUT2D eigenvalue weighted by Gasteiger charge is 2.44. The van der Waals surface area contributed by atoms with Crippen LogP contribution in [-0.2, 0) is 16.0 Å². The van der Waals surface area contributed by atoms with E-state index in [-0.39, 0.29) is 6.42 Å². The zero-order valence-corrected chi connectivity index (χ0v) is 12.7. The normalized spacial score (nSPS) is 30.6. The average molecular weight is 337 g/mol. The predicted molar refractivity (Wildman–Crippen MR) is 81.6 cm³/mol. The summed E-state index contributed by atoms with van der Waals surface area (Å²) >= 11 is 0. The Labute approximate surface area is 137 Å². The zero-order valence-electron chi connectivity index (χ0n) is 12.7. The maximum absolute atomic E-state index is 10.9. The number of aliphatic hydroxyl groups excluding tert-OH is 4. The van der Waals surface area contributed by atoms with Gasteiger partial charge in [0, 0.05) is 18.0 Å². The maximum Gasteiger partial charge on any atom is 0.124 e. The lowest BCUT2D eigenvalue weighted by Crippen LogP contribution is -2.55. The highest BCUT2D eigenvalue weighted by Crippen LogP contribution is 2.37. The summed E-state index contributed by atoms with van der Waals surface area (Å²) in [6, 6.07) is 4.91. The van der Waals surface area contributed by atoms with Crippen molar-refractivity contribution in [2.45, 2.75) is 36.9 Å². The fourth-order valence-electron chi connectivity index (χ4n) is 3.22. The molecule has 1 aliphatic rings. The van der Waals surface area contributed by atoms with Crippen LogP contribution < -0.4 is 0 Å². The lowest BCUT2D eigenvalue weighted by molar-refractivity contribution is -0.231. The Hall–Kier alpha value is -1.97. The molecule has 0 bridgehead atoms. The van der Waals surface area contributed by atoms with Gasteiger partial charge < -0.3 is 35.2 Å². The van der Waals surface area contributed by atoms with Crippen LogP contribution in [-0.4, -0.2) is 67.7 Å². The van der Waals surface area contributed by atoms with Gasteiger partial charge in [-0.05, 0) is 17.2 Å². The van der Waals surface area contributed by atoms with Gasteiger partial charge in [0.2, 0.25) is 0 Å². The van der Waals surface area contributed by atoms with Gasteiger partial charge in [-0.15, -0.1) is 0 Å². The van der Waals surface area contributed by atoms with E-state index in [0.717, 1.165) is 4.73 Å². The van der Waals surface area contributed by atoms with Crippen LogP contribution in [0, 0.1) is 0 Å². The van der Waals surface area contributed by atoms with Crippen LogP contribution in [0.2, 0.25) is 0 Å². The van der Waals surface area contributed by atoms with Crippen molar-refractivity contribution >= 4 is 17.2 Å². The SMILES string of the molecule is O=CCc1cn(O)c2cccc(C3O[C@@H](CO)[C@H](O)[C@@H](O)[C@@H]3O)c12.